The lowest BCUT2D eigenvalue weighted by Gasteiger charge is -2.36. The van der Waals surface area contributed by atoms with Crippen LogP contribution < -0.4 is 4.43 Å². The number of rotatable bonds is 2. The Kier molecular flexibility index (Phi) is 3.85. The zero-order valence-electron chi connectivity index (χ0n) is 13.4. The van der Waals surface area contributed by atoms with E-state index in [1.807, 2.05) is 29.8 Å². The van der Waals surface area contributed by atoms with Crippen molar-refractivity contribution in [2.45, 2.75) is 38.9 Å². The van der Waals surface area contributed by atoms with Crippen molar-refractivity contribution >= 4 is 30.8 Å². The Morgan fingerprint density at radius 1 is 1.24 bits per heavy atom. The number of nitrogens with zero attached hydrogens (tertiary/aromatic N) is 2. The Balaban J connectivity index is 2.53. The van der Waals surface area contributed by atoms with Gasteiger partial charge in [-0.2, -0.15) is 5.26 Å². The van der Waals surface area contributed by atoms with Crippen LogP contribution in [0.4, 0.5) is 0 Å². The van der Waals surface area contributed by atoms with Crippen LogP contribution in [0.15, 0.2) is 18.2 Å². The summed E-state index contributed by atoms with van der Waals surface area (Å²) in [6, 6.07) is 7.75. The minimum absolute atomic E-state index is 0.138. The molecule has 0 saturated heterocycles. The van der Waals surface area contributed by atoms with Crippen LogP contribution >= 0.6 is 11.6 Å². The standard InChI is InChI=1S/C16H21ClN2OSi/c1-16(2,3)21(5,6)20-15-8-11-7-12(10-18)13(17)9-14(11)19(15)4/h7-9H,1-6H3. The molecule has 0 spiro atoms. The Hall–Kier alpha value is -1.44. The fraction of sp³-hybridized carbons (Fsp3) is 0.438. The first-order chi connectivity index (χ1) is 9.56. The van der Waals surface area contributed by atoms with E-state index < -0.39 is 8.32 Å². The van der Waals surface area contributed by atoms with Crippen molar-refractivity contribution in [3.05, 3.63) is 28.8 Å². The van der Waals surface area contributed by atoms with Gasteiger partial charge in [-0.3, -0.25) is 0 Å². The maximum absolute atomic E-state index is 9.08. The van der Waals surface area contributed by atoms with Crippen molar-refractivity contribution in [3.63, 3.8) is 0 Å². The average Bonchev–Trinajstić information content (AvgIpc) is 2.63. The van der Waals surface area contributed by atoms with E-state index in [0.717, 1.165) is 16.8 Å². The summed E-state index contributed by atoms with van der Waals surface area (Å²) in [4.78, 5) is 0. The number of nitriles is 1. The molecule has 0 bridgehead atoms. The van der Waals surface area contributed by atoms with E-state index in [1.54, 1.807) is 0 Å². The largest absolute Gasteiger partial charge is 0.532 e. The van der Waals surface area contributed by atoms with Crippen LogP contribution in [0, 0.1) is 11.3 Å². The van der Waals surface area contributed by atoms with Crippen molar-refractivity contribution in [1.29, 1.82) is 5.26 Å². The number of fused-ring (bicyclic) bond motifs is 1. The molecule has 0 aliphatic rings. The normalized spacial score (nSPS) is 12.5. The van der Waals surface area contributed by atoms with Crippen LogP contribution in [0.2, 0.25) is 23.2 Å². The average molecular weight is 321 g/mol. The predicted octanol–water partition coefficient (Wildman–Crippen LogP) is 5.09. The molecule has 2 aromatic rings. The minimum atomic E-state index is -1.89. The number of hydrogen-bond acceptors (Lipinski definition) is 2. The van der Waals surface area contributed by atoms with Gasteiger partial charge in [-0.1, -0.05) is 32.4 Å². The molecule has 1 aromatic carbocycles. The molecule has 3 nitrogen and oxygen atoms in total. The first-order valence-corrected chi connectivity index (χ1v) is 10.2. The van der Waals surface area contributed by atoms with Gasteiger partial charge in [0.25, 0.3) is 8.32 Å². The quantitative estimate of drug-likeness (QED) is 0.723. The summed E-state index contributed by atoms with van der Waals surface area (Å²) in [5.41, 5.74) is 1.47. The minimum Gasteiger partial charge on any atom is -0.532 e. The second-order valence-electron chi connectivity index (χ2n) is 6.91. The molecule has 21 heavy (non-hydrogen) atoms. The molecule has 0 atom stereocenters. The summed E-state index contributed by atoms with van der Waals surface area (Å²) in [6.45, 7) is 11.1. The van der Waals surface area contributed by atoms with Crippen LogP contribution in [0.1, 0.15) is 26.3 Å². The fourth-order valence-corrected chi connectivity index (χ4v) is 3.16. The number of halogens is 1. The molecule has 5 heteroatoms. The van der Waals surface area contributed by atoms with Crippen molar-refractivity contribution in [2.75, 3.05) is 0 Å². The highest BCUT2D eigenvalue weighted by atomic mass is 35.5. The van der Waals surface area contributed by atoms with E-state index in [4.69, 9.17) is 21.3 Å². The predicted molar refractivity (Wildman–Crippen MR) is 90.5 cm³/mol. The third-order valence-corrected chi connectivity index (χ3v) is 9.02. The molecule has 0 fully saturated rings. The number of benzene rings is 1. The molecule has 0 radical (unpaired) electrons. The Morgan fingerprint density at radius 3 is 2.38 bits per heavy atom. The van der Waals surface area contributed by atoms with Crippen molar-refractivity contribution in [1.82, 2.24) is 4.57 Å². The van der Waals surface area contributed by atoms with Crippen molar-refractivity contribution in [3.8, 4) is 11.9 Å². The number of aryl methyl sites for hydroxylation is 1. The highest BCUT2D eigenvalue weighted by Crippen LogP contribution is 2.39. The lowest BCUT2D eigenvalue weighted by atomic mass is 10.2. The molecule has 0 N–H and O–H groups in total. The van der Waals surface area contributed by atoms with Crippen molar-refractivity contribution < 1.29 is 4.43 Å². The third kappa shape index (κ3) is 2.81. The summed E-state index contributed by atoms with van der Waals surface area (Å²) in [6.07, 6.45) is 0. The van der Waals surface area contributed by atoms with Crippen LogP contribution in [0.3, 0.4) is 0 Å². The monoisotopic (exact) mass is 320 g/mol. The fourth-order valence-electron chi connectivity index (χ4n) is 1.93. The van der Waals surface area contributed by atoms with Gasteiger partial charge < -0.3 is 8.99 Å². The molecular weight excluding hydrogens is 300 g/mol. The van der Waals surface area contributed by atoms with Gasteiger partial charge >= 0.3 is 0 Å². The summed E-state index contributed by atoms with van der Waals surface area (Å²) in [5.74, 6) is 0.836. The molecule has 112 valence electrons. The molecule has 0 unspecified atom stereocenters. The number of aromatic nitrogens is 1. The number of hydrogen-bond donors (Lipinski definition) is 0. The molecule has 1 aromatic heterocycles. The van der Waals surface area contributed by atoms with E-state index in [2.05, 4.69) is 39.9 Å². The van der Waals surface area contributed by atoms with Gasteiger partial charge in [0.2, 0.25) is 0 Å². The van der Waals surface area contributed by atoms with Gasteiger partial charge in [0.05, 0.1) is 16.1 Å². The van der Waals surface area contributed by atoms with E-state index in [0.29, 0.717) is 10.6 Å². The van der Waals surface area contributed by atoms with Crippen LogP contribution in [-0.4, -0.2) is 12.9 Å². The lowest BCUT2D eigenvalue weighted by molar-refractivity contribution is 0.462. The Morgan fingerprint density at radius 2 is 1.86 bits per heavy atom. The van der Waals surface area contributed by atoms with E-state index in [9.17, 15) is 0 Å². The first kappa shape index (κ1) is 15.9. The summed E-state index contributed by atoms with van der Waals surface area (Å²) in [5, 5.41) is 10.7. The Bertz CT molecular complexity index is 735. The van der Waals surface area contributed by atoms with Crippen LogP contribution in [0.25, 0.3) is 10.9 Å². The zero-order chi connectivity index (χ0) is 16.0. The van der Waals surface area contributed by atoms with Gasteiger partial charge in [0, 0.05) is 18.5 Å². The van der Waals surface area contributed by atoms with Crippen molar-refractivity contribution in [2.24, 2.45) is 7.05 Å². The summed E-state index contributed by atoms with van der Waals surface area (Å²) >= 11 is 6.12. The second kappa shape index (κ2) is 5.08. The van der Waals surface area contributed by atoms with Gasteiger partial charge in [-0.15, -0.1) is 0 Å². The topological polar surface area (TPSA) is 38.0 Å². The molecule has 2 rings (SSSR count). The summed E-state index contributed by atoms with van der Waals surface area (Å²) in [7, 11) is 0.0711. The molecule has 0 aliphatic heterocycles. The molecule has 0 amide bonds. The molecule has 1 heterocycles. The smallest absolute Gasteiger partial charge is 0.252 e. The van der Waals surface area contributed by atoms with Crippen LogP contribution in [-0.2, 0) is 7.05 Å². The second-order valence-corrected chi connectivity index (χ2v) is 12.0. The van der Waals surface area contributed by atoms with Gasteiger partial charge in [-0.05, 0) is 30.3 Å². The Labute approximate surface area is 132 Å². The maximum Gasteiger partial charge on any atom is 0.252 e. The third-order valence-electron chi connectivity index (χ3n) is 4.37. The maximum atomic E-state index is 9.08. The molecular formula is C16H21ClN2OSi. The highest BCUT2D eigenvalue weighted by molar-refractivity contribution is 6.74. The highest BCUT2D eigenvalue weighted by Gasteiger charge is 2.39. The molecule has 0 saturated carbocycles. The van der Waals surface area contributed by atoms with Crippen LogP contribution in [0.5, 0.6) is 5.88 Å². The van der Waals surface area contributed by atoms with E-state index >= 15 is 0 Å². The van der Waals surface area contributed by atoms with Gasteiger partial charge in [0.15, 0.2) is 5.88 Å². The zero-order valence-corrected chi connectivity index (χ0v) is 15.2. The van der Waals surface area contributed by atoms with Gasteiger partial charge in [-0.25, -0.2) is 0 Å². The first-order valence-electron chi connectivity index (χ1n) is 6.95. The SMILES string of the molecule is Cn1c(O[Si](C)(C)C(C)(C)C)cc2cc(C#N)c(Cl)cc21. The van der Waals surface area contributed by atoms with Gasteiger partial charge in [0.1, 0.15) is 6.07 Å². The van der Waals surface area contributed by atoms with E-state index in [1.165, 1.54) is 0 Å². The molecule has 0 aliphatic carbocycles. The summed E-state index contributed by atoms with van der Waals surface area (Å²) < 4.78 is 8.37. The van der Waals surface area contributed by atoms with E-state index in [-0.39, 0.29) is 5.04 Å². The lowest BCUT2D eigenvalue weighted by Crippen LogP contribution is -2.44.